The summed E-state index contributed by atoms with van der Waals surface area (Å²) in [5.74, 6) is -1.23. The van der Waals surface area contributed by atoms with Crippen molar-refractivity contribution in [3.8, 4) is 0 Å². The second-order valence-corrected chi connectivity index (χ2v) is 4.42. The van der Waals surface area contributed by atoms with Gasteiger partial charge in [0, 0.05) is 19.6 Å². The molecule has 15 heavy (non-hydrogen) atoms. The molecule has 1 heterocycles. The smallest absolute Gasteiger partial charge is 0.338 e. The van der Waals surface area contributed by atoms with Gasteiger partial charge in [0.1, 0.15) is 5.70 Å². The molecule has 1 rings (SSSR count). The summed E-state index contributed by atoms with van der Waals surface area (Å²) in [7, 11) is 0. The Bertz CT molecular complexity index is 470. The highest BCUT2D eigenvalue weighted by Gasteiger charge is 2.12. The van der Waals surface area contributed by atoms with E-state index in [1.165, 1.54) is 11.3 Å². The van der Waals surface area contributed by atoms with Crippen LogP contribution in [0.2, 0.25) is 0 Å². The van der Waals surface area contributed by atoms with Crippen molar-refractivity contribution < 1.29 is 9.90 Å². The Labute approximate surface area is 97.8 Å². The zero-order valence-electron chi connectivity index (χ0n) is 7.64. The number of hydrogen-bond acceptors (Lipinski definition) is 3. The monoisotopic (exact) mass is 287 g/mol. The van der Waals surface area contributed by atoms with Crippen LogP contribution in [-0.4, -0.2) is 11.1 Å². The Hall–Kier alpha value is -1.30. The molecule has 0 aliphatic carbocycles. The van der Waals surface area contributed by atoms with Crippen LogP contribution in [0.25, 0.3) is 16.0 Å². The lowest BCUT2D eigenvalue weighted by atomic mass is 10.2. The molecule has 0 aromatic carbocycles. The van der Waals surface area contributed by atoms with Gasteiger partial charge >= 0.3 is 5.97 Å². The van der Waals surface area contributed by atoms with Gasteiger partial charge in [0.05, 0.1) is 0 Å². The number of hydrogen-bond donors (Lipinski definition) is 1. The maximum absolute atomic E-state index is 10.8. The predicted molar refractivity (Wildman–Crippen MR) is 61.4 cm³/mol. The fourth-order valence-corrected chi connectivity index (χ4v) is 2.39. The van der Waals surface area contributed by atoms with Gasteiger partial charge in [0.2, 0.25) is 0 Å². The second-order valence-electron chi connectivity index (χ2n) is 2.60. The molecule has 0 amide bonds. The van der Waals surface area contributed by atoms with Crippen molar-refractivity contribution in [3.05, 3.63) is 36.9 Å². The van der Waals surface area contributed by atoms with Crippen molar-refractivity contribution in [1.29, 1.82) is 0 Å². The van der Waals surface area contributed by atoms with Crippen molar-refractivity contribution in [1.82, 2.24) is 0 Å². The van der Waals surface area contributed by atoms with Crippen LogP contribution in [0.5, 0.6) is 0 Å². The van der Waals surface area contributed by atoms with Gasteiger partial charge < -0.3 is 5.11 Å². The normalized spacial score (nSPS) is 11.6. The first-order valence-electron chi connectivity index (χ1n) is 3.80. The largest absolute Gasteiger partial charge is 0.478 e. The molecule has 0 aliphatic heterocycles. The predicted octanol–water partition coefficient (Wildman–Crippen LogP) is 3.64. The minimum atomic E-state index is -1.23. The van der Waals surface area contributed by atoms with Gasteiger partial charge in [-0.05, 0) is 40.0 Å². The second kappa shape index (κ2) is 4.97. The van der Waals surface area contributed by atoms with E-state index in [4.69, 9.17) is 10.6 Å². The summed E-state index contributed by atoms with van der Waals surface area (Å²) in [5, 5.41) is 13.8. The molecule has 5 nitrogen and oxygen atoms in total. The quantitative estimate of drug-likeness (QED) is 0.398. The van der Waals surface area contributed by atoms with Crippen LogP contribution in [0.4, 0.5) is 0 Å². The molecule has 0 bridgehead atoms. The molecular formula is C8H6BrN3O2S. The number of halogens is 1. The van der Waals surface area contributed by atoms with E-state index in [0.29, 0.717) is 5.57 Å². The number of azide groups is 1. The van der Waals surface area contributed by atoms with E-state index in [1.807, 2.05) is 5.38 Å². The zero-order chi connectivity index (χ0) is 11.4. The van der Waals surface area contributed by atoms with Gasteiger partial charge in [-0.1, -0.05) is 5.11 Å². The molecule has 0 atom stereocenters. The van der Waals surface area contributed by atoms with Gasteiger partial charge in [-0.2, -0.15) is 0 Å². The Morgan fingerprint density at radius 1 is 1.73 bits per heavy atom. The molecule has 0 saturated carbocycles. The molecule has 0 aliphatic rings. The van der Waals surface area contributed by atoms with Gasteiger partial charge in [0.25, 0.3) is 0 Å². The summed E-state index contributed by atoms with van der Waals surface area (Å²) in [6.07, 6.45) is 0. The fourth-order valence-electron chi connectivity index (χ4n) is 0.949. The Morgan fingerprint density at radius 2 is 2.40 bits per heavy atom. The summed E-state index contributed by atoms with van der Waals surface area (Å²) in [6, 6.07) is 1.77. The molecule has 0 radical (unpaired) electrons. The highest BCUT2D eigenvalue weighted by Crippen LogP contribution is 2.28. The van der Waals surface area contributed by atoms with Crippen LogP contribution in [-0.2, 0) is 4.79 Å². The van der Waals surface area contributed by atoms with Crippen molar-refractivity contribution in [2.24, 2.45) is 5.11 Å². The standard InChI is InChI=1S/C8H6BrN3O2S/c1-4(6-2-5(9)3-15-6)7(8(13)14)11-12-10/h2-3H,1H3,(H,13,14)/b7-4-. The third-order valence-electron chi connectivity index (χ3n) is 1.64. The molecule has 0 unspecified atom stereocenters. The minimum Gasteiger partial charge on any atom is -0.478 e. The zero-order valence-corrected chi connectivity index (χ0v) is 10.0. The first-order valence-corrected chi connectivity index (χ1v) is 5.47. The number of carboxylic acid groups (broad SMARTS) is 1. The number of nitrogens with zero attached hydrogens (tertiary/aromatic N) is 3. The molecule has 0 saturated heterocycles. The van der Waals surface area contributed by atoms with E-state index in [0.717, 1.165) is 9.35 Å². The van der Waals surface area contributed by atoms with Crippen LogP contribution in [0.3, 0.4) is 0 Å². The lowest BCUT2D eigenvalue weighted by molar-refractivity contribution is -0.132. The number of rotatable bonds is 3. The van der Waals surface area contributed by atoms with Crippen molar-refractivity contribution in [2.45, 2.75) is 6.92 Å². The van der Waals surface area contributed by atoms with Crippen LogP contribution >= 0.6 is 27.3 Å². The Morgan fingerprint density at radius 3 is 2.80 bits per heavy atom. The van der Waals surface area contributed by atoms with E-state index >= 15 is 0 Å². The molecule has 78 valence electrons. The third kappa shape index (κ3) is 2.82. The highest BCUT2D eigenvalue weighted by molar-refractivity contribution is 9.10. The number of thiophene rings is 1. The van der Waals surface area contributed by atoms with E-state index < -0.39 is 5.97 Å². The molecule has 1 N–H and O–H groups in total. The average molecular weight is 288 g/mol. The number of allylic oxidation sites excluding steroid dienone is 1. The lowest BCUT2D eigenvalue weighted by Crippen LogP contribution is -1.99. The van der Waals surface area contributed by atoms with E-state index in [1.54, 1.807) is 13.0 Å². The number of carbonyl (C=O) groups is 1. The van der Waals surface area contributed by atoms with E-state index in [9.17, 15) is 4.79 Å². The first-order chi connectivity index (χ1) is 7.06. The van der Waals surface area contributed by atoms with Gasteiger partial charge in [-0.3, -0.25) is 0 Å². The van der Waals surface area contributed by atoms with Crippen LogP contribution in [0.15, 0.2) is 26.7 Å². The Balaban J connectivity index is 3.27. The van der Waals surface area contributed by atoms with Gasteiger partial charge in [-0.25, -0.2) is 4.79 Å². The molecule has 1 aromatic heterocycles. The highest BCUT2D eigenvalue weighted by atomic mass is 79.9. The molecule has 1 aromatic rings. The Kier molecular flexibility index (Phi) is 3.90. The SMILES string of the molecule is C/C(=C(/N=[N+]=[N-])C(=O)O)c1cc(Br)cs1. The molecule has 0 fully saturated rings. The summed E-state index contributed by atoms with van der Waals surface area (Å²) < 4.78 is 0.868. The number of aliphatic carboxylic acids is 1. The van der Waals surface area contributed by atoms with Gasteiger partial charge in [0.15, 0.2) is 0 Å². The van der Waals surface area contributed by atoms with Crippen LogP contribution in [0, 0.1) is 0 Å². The topological polar surface area (TPSA) is 86.1 Å². The minimum absolute atomic E-state index is 0.271. The average Bonchev–Trinajstić information content (AvgIpc) is 2.59. The number of carboxylic acids is 1. The summed E-state index contributed by atoms with van der Waals surface area (Å²) in [4.78, 5) is 14.0. The summed E-state index contributed by atoms with van der Waals surface area (Å²) >= 11 is 4.64. The van der Waals surface area contributed by atoms with Crippen LogP contribution < -0.4 is 0 Å². The van der Waals surface area contributed by atoms with Crippen molar-refractivity contribution >= 4 is 38.8 Å². The maximum atomic E-state index is 10.8. The maximum Gasteiger partial charge on any atom is 0.338 e. The van der Waals surface area contributed by atoms with Gasteiger partial charge in [-0.15, -0.1) is 11.3 Å². The van der Waals surface area contributed by atoms with E-state index in [2.05, 4.69) is 26.0 Å². The van der Waals surface area contributed by atoms with Crippen molar-refractivity contribution in [3.63, 3.8) is 0 Å². The lowest BCUT2D eigenvalue weighted by Gasteiger charge is -1.99. The molecular weight excluding hydrogens is 282 g/mol. The van der Waals surface area contributed by atoms with E-state index in [-0.39, 0.29) is 5.70 Å². The molecule has 0 spiro atoms. The van der Waals surface area contributed by atoms with Crippen LogP contribution in [0.1, 0.15) is 11.8 Å². The molecule has 7 heteroatoms. The third-order valence-corrected chi connectivity index (χ3v) is 3.45. The summed E-state index contributed by atoms with van der Waals surface area (Å²) in [6.45, 7) is 1.61. The first kappa shape index (κ1) is 11.8. The van der Waals surface area contributed by atoms with Crippen molar-refractivity contribution in [2.75, 3.05) is 0 Å². The fraction of sp³-hybridized carbons (Fsp3) is 0.125. The summed E-state index contributed by atoms with van der Waals surface area (Å²) in [5.41, 5.74) is 8.42.